The van der Waals surface area contributed by atoms with E-state index in [2.05, 4.69) is 20.5 Å². The normalized spacial score (nSPS) is 11.1. The van der Waals surface area contributed by atoms with E-state index < -0.39 is 17.7 Å². The zero-order valence-electron chi connectivity index (χ0n) is 13.1. The second-order valence-electron chi connectivity index (χ2n) is 5.69. The van der Waals surface area contributed by atoms with Crippen molar-refractivity contribution in [2.24, 2.45) is 0 Å². The molecule has 0 saturated carbocycles. The first-order valence-electron chi connectivity index (χ1n) is 6.70. The van der Waals surface area contributed by atoms with Crippen molar-refractivity contribution in [3.63, 3.8) is 0 Å². The van der Waals surface area contributed by atoms with Gasteiger partial charge in [0, 0.05) is 0 Å². The lowest BCUT2D eigenvalue weighted by Gasteiger charge is -2.18. The molecule has 0 radical (unpaired) electrons. The smallest absolute Gasteiger partial charge is 0.413 e. The summed E-state index contributed by atoms with van der Waals surface area (Å²) in [5, 5.41) is 19.7. The molecule has 2 aromatic rings. The second kappa shape index (κ2) is 6.29. The van der Waals surface area contributed by atoms with Gasteiger partial charge in [0.2, 0.25) is 0 Å². The van der Waals surface area contributed by atoms with Crippen molar-refractivity contribution in [1.29, 1.82) is 0 Å². The summed E-state index contributed by atoms with van der Waals surface area (Å²) >= 11 is 0.995. The van der Waals surface area contributed by atoms with Gasteiger partial charge in [-0.2, -0.15) is 5.10 Å². The lowest BCUT2D eigenvalue weighted by molar-refractivity contribution is 0.0632. The van der Waals surface area contributed by atoms with E-state index in [0.717, 1.165) is 11.3 Å². The number of hydrogen-bond acceptors (Lipinski definition) is 7. The molecule has 0 aromatic carbocycles. The van der Waals surface area contributed by atoms with Crippen LogP contribution in [0.15, 0.2) is 12.1 Å². The van der Waals surface area contributed by atoms with Gasteiger partial charge in [0.05, 0.1) is 10.6 Å². The summed E-state index contributed by atoms with van der Waals surface area (Å²) in [6, 6.07) is 3.37. The van der Waals surface area contributed by atoms with E-state index in [4.69, 9.17) is 4.74 Å². The predicted molar refractivity (Wildman–Crippen MR) is 84.7 cm³/mol. The molecule has 0 unspecified atom stereocenters. The van der Waals surface area contributed by atoms with Crippen LogP contribution in [0.3, 0.4) is 0 Å². The number of carbonyl (C=O) groups excluding carboxylic acids is 1. The van der Waals surface area contributed by atoms with Gasteiger partial charge in [-0.05, 0) is 39.8 Å². The number of thiazole rings is 1. The Bertz CT molecular complexity index is 734. The highest BCUT2D eigenvalue weighted by atomic mass is 32.1. The number of aromatic nitrogens is 3. The van der Waals surface area contributed by atoms with Crippen LogP contribution < -0.4 is 5.32 Å². The van der Waals surface area contributed by atoms with Crippen LogP contribution in [0.4, 0.5) is 9.93 Å². The molecule has 0 aliphatic carbocycles. The lowest BCUT2D eigenvalue weighted by atomic mass is 10.2. The van der Waals surface area contributed by atoms with Crippen LogP contribution in [-0.4, -0.2) is 38.0 Å². The zero-order chi connectivity index (χ0) is 17.2. The summed E-state index contributed by atoms with van der Waals surface area (Å²) in [5.74, 6) is -1.21. The van der Waals surface area contributed by atoms with Crippen LogP contribution >= 0.6 is 11.3 Å². The van der Waals surface area contributed by atoms with Gasteiger partial charge < -0.3 is 9.84 Å². The highest BCUT2D eigenvalue weighted by Gasteiger charge is 2.23. The molecule has 0 spiro atoms. The lowest BCUT2D eigenvalue weighted by Crippen LogP contribution is -2.27. The summed E-state index contributed by atoms with van der Waals surface area (Å²) in [7, 11) is 0. The number of rotatable bonds is 3. The van der Waals surface area contributed by atoms with Gasteiger partial charge in [-0.3, -0.25) is 5.32 Å². The standard InChI is InChI=1S/C14H16N4O4S/c1-7-5-6-8(18-17-7)10-9(11(19)20)15-12(23-10)16-13(21)22-14(2,3)4/h5-6H,1-4H3,(H,19,20)(H,15,16,21). The molecular weight excluding hydrogens is 320 g/mol. The van der Waals surface area contributed by atoms with Crippen molar-refractivity contribution >= 4 is 28.5 Å². The molecule has 2 heterocycles. The fourth-order valence-corrected chi connectivity index (χ4v) is 2.51. The maximum absolute atomic E-state index is 11.8. The molecule has 0 aliphatic heterocycles. The van der Waals surface area contributed by atoms with Crippen LogP contribution in [0.2, 0.25) is 0 Å². The Morgan fingerprint density at radius 2 is 1.96 bits per heavy atom. The minimum Gasteiger partial charge on any atom is -0.476 e. The average Bonchev–Trinajstić information content (AvgIpc) is 2.81. The predicted octanol–water partition coefficient (Wildman–Crippen LogP) is 2.95. The fraction of sp³-hybridized carbons (Fsp3) is 0.357. The van der Waals surface area contributed by atoms with E-state index >= 15 is 0 Å². The molecule has 122 valence electrons. The Hall–Kier alpha value is -2.55. The van der Waals surface area contributed by atoms with Gasteiger partial charge in [0.25, 0.3) is 0 Å². The topological polar surface area (TPSA) is 114 Å². The largest absolute Gasteiger partial charge is 0.476 e. The molecule has 8 nitrogen and oxygen atoms in total. The number of carboxylic acids is 1. The first kappa shape index (κ1) is 16.8. The Morgan fingerprint density at radius 3 is 2.48 bits per heavy atom. The third kappa shape index (κ3) is 4.46. The molecule has 2 aromatic heterocycles. The SMILES string of the molecule is Cc1ccc(-c2sc(NC(=O)OC(C)(C)C)nc2C(=O)O)nn1. The van der Waals surface area contributed by atoms with Crippen LogP contribution in [0, 0.1) is 6.92 Å². The van der Waals surface area contributed by atoms with E-state index in [1.54, 1.807) is 39.8 Å². The number of amides is 1. The number of hydrogen-bond donors (Lipinski definition) is 2. The first-order valence-corrected chi connectivity index (χ1v) is 7.52. The number of aromatic carboxylic acids is 1. The van der Waals surface area contributed by atoms with Crippen molar-refractivity contribution < 1.29 is 19.4 Å². The monoisotopic (exact) mass is 336 g/mol. The van der Waals surface area contributed by atoms with Gasteiger partial charge in [-0.15, -0.1) is 5.10 Å². The zero-order valence-corrected chi connectivity index (χ0v) is 13.9. The maximum Gasteiger partial charge on any atom is 0.413 e. The van der Waals surface area contributed by atoms with Gasteiger partial charge >= 0.3 is 12.1 Å². The van der Waals surface area contributed by atoms with Crippen molar-refractivity contribution in [2.45, 2.75) is 33.3 Å². The molecule has 0 fully saturated rings. The molecule has 1 amide bonds. The number of aryl methyl sites for hydroxylation is 1. The molecule has 9 heteroatoms. The first-order chi connectivity index (χ1) is 10.7. The number of anilines is 1. The van der Waals surface area contributed by atoms with Crippen molar-refractivity contribution in [3.05, 3.63) is 23.5 Å². The maximum atomic E-state index is 11.8. The van der Waals surface area contributed by atoms with Crippen LogP contribution in [0.25, 0.3) is 10.6 Å². The van der Waals surface area contributed by atoms with Crippen LogP contribution in [0.5, 0.6) is 0 Å². The second-order valence-corrected chi connectivity index (χ2v) is 6.69. The van der Waals surface area contributed by atoms with Crippen molar-refractivity contribution in [1.82, 2.24) is 15.2 Å². The highest BCUT2D eigenvalue weighted by molar-refractivity contribution is 7.19. The molecule has 0 bridgehead atoms. The van der Waals surface area contributed by atoms with E-state index in [1.165, 1.54) is 0 Å². The quantitative estimate of drug-likeness (QED) is 0.885. The molecule has 0 saturated heterocycles. The third-order valence-corrected chi connectivity index (χ3v) is 3.46. The summed E-state index contributed by atoms with van der Waals surface area (Å²) in [6.45, 7) is 6.95. The summed E-state index contributed by atoms with van der Waals surface area (Å²) < 4.78 is 5.11. The van der Waals surface area contributed by atoms with Crippen molar-refractivity contribution in [3.8, 4) is 10.6 Å². The van der Waals surface area contributed by atoms with E-state index in [1.807, 2.05) is 0 Å². The minimum absolute atomic E-state index is 0.119. The van der Waals surface area contributed by atoms with Gasteiger partial charge in [0.15, 0.2) is 10.8 Å². The Balaban J connectivity index is 2.30. The van der Waals surface area contributed by atoms with E-state index in [0.29, 0.717) is 16.3 Å². The Kier molecular flexibility index (Phi) is 4.60. The van der Waals surface area contributed by atoms with E-state index in [-0.39, 0.29) is 10.8 Å². The number of ether oxygens (including phenoxy) is 1. The van der Waals surface area contributed by atoms with Crippen LogP contribution in [0.1, 0.15) is 37.0 Å². The minimum atomic E-state index is -1.21. The van der Waals surface area contributed by atoms with E-state index in [9.17, 15) is 14.7 Å². The van der Waals surface area contributed by atoms with Gasteiger partial charge in [-0.1, -0.05) is 11.3 Å². The Labute approximate surface area is 136 Å². The number of carboxylic acid groups (broad SMARTS) is 1. The summed E-state index contributed by atoms with van der Waals surface area (Å²) in [6.07, 6.45) is -0.704. The number of nitrogens with zero attached hydrogens (tertiary/aromatic N) is 3. The fourth-order valence-electron chi connectivity index (χ4n) is 1.60. The van der Waals surface area contributed by atoms with Gasteiger partial charge in [0.1, 0.15) is 11.3 Å². The Morgan fingerprint density at radius 1 is 1.26 bits per heavy atom. The van der Waals surface area contributed by atoms with Crippen LogP contribution in [-0.2, 0) is 4.74 Å². The summed E-state index contributed by atoms with van der Waals surface area (Å²) in [5.41, 5.74) is 0.228. The molecule has 2 rings (SSSR count). The van der Waals surface area contributed by atoms with Gasteiger partial charge in [-0.25, -0.2) is 14.6 Å². The average molecular weight is 336 g/mol. The van der Waals surface area contributed by atoms with Crippen molar-refractivity contribution in [2.75, 3.05) is 5.32 Å². The molecule has 2 N–H and O–H groups in total. The molecule has 0 aliphatic rings. The number of nitrogens with one attached hydrogen (secondary N) is 1. The molecule has 23 heavy (non-hydrogen) atoms. The number of carbonyl (C=O) groups is 2. The summed E-state index contributed by atoms with van der Waals surface area (Å²) in [4.78, 5) is 27.3. The molecular formula is C14H16N4O4S. The third-order valence-electron chi connectivity index (χ3n) is 2.47. The highest BCUT2D eigenvalue weighted by Crippen LogP contribution is 2.32. The molecule has 0 atom stereocenters.